The third-order valence-electron chi connectivity index (χ3n) is 6.51. The minimum Gasteiger partial charge on any atom is -0.507 e. The highest BCUT2D eigenvalue weighted by atomic mass is 16.3. The Hall–Kier alpha value is -6.04. The van der Waals surface area contributed by atoms with Gasteiger partial charge in [0.2, 0.25) is 0 Å². The molecule has 12 heteroatoms. The number of nitrogens with one attached hydrogen (secondary N) is 4. The molecule has 0 aliphatic carbocycles. The fraction of sp³-hybridized carbons (Fsp3) is 0.176. The van der Waals surface area contributed by atoms with Gasteiger partial charge in [0.05, 0.1) is 22.3 Å². The molecule has 4 aromatic carbocycles. The molecule has 0 radical (unpaired) electrons. The summed E-state index contributed by atoms with van der Waals surface area (Å²) < 4.78 is 0. The summed E-state index contributed by atoms with van der Waals surface area (Å²) >= 11 is 0. The number of para-hydroxylation sites is 4. The topological polar surface area (TPSA) is 197 Å². The number of aromatic hydroxyl groups is 4. The lowest BCUT2D eigenvalue weighted by Gasteiger charge is -2.11. The number of hydrogen-bond donors (Lipinski definition) is 8. The molecule has 0 fully saturated rings. The van der Waals surface area contributed by atoms with Crippen LogP contribution in [-0.2, 0) is 0 Å². The molecule has 0 aliphatic heterocycles. The minimum absolute atomic E-state index is 0.0498. The van der Waals surface area contributed by atoms with E-state index in [1.807, 2.05) is 13.8 Å². The summed E-state index contributed by atoms with van der Waals surface area (Å²) in [5.41, 5.74) is 11.2. The van der Waals surface area contributed by atoms with Crippen molar-refractivity contribution >= 4 is 23.6 Å². The minimum atomic E-state index is -0.651. The Morgan fingerprint density at radius 2 is 0.565 bits per heavy atom. The van der Waals surface area contributed by atoms with Gasteiger partial charge in [0.25, 0.3) is 23.6 Å². The van der Waals surface area contributed by atoms with Gasteiger partial charge in [-0.15, -0.1) is 0 Å². The molecule has 0 unspecified atom stereocenters. The van der Waals surface area contributed by atoms with Crippen LogP contribution in [-0.4, -0.2) is 44.1 Å². The Labute approximate surface area is 266 Å². The van der Waals surface area contributed by atoms with Crippen LogP contribution in [0.4, 0.5) is 0 Å². The van der Waals surface area contributed by atoms with E-state index >= 15 is 0 Å². The molecule has 0 aliphatic rings. The summed E-state index contributed by atoms with van der Waals surface area (Å²) in [6, 6.07) is 18.9. The first-order valence-electron chi connectivity index (χ1n) is 14.2. The van der Waals surface area contributed by atoms with E-state index in [9.17, 15) is 39.6 Å². The summed E-state index contributed by atoms with van der Waals surface area (Å²) in [7, 11) is 0. The molecule has 46 heavy (non-hydrogen) atoms. The monoisotopic (exact) mass is 630 g/mol. The molecule has 0 heterocycles. The lowest BCUT2D eigenvalue weighted by molar-refractivity contribution is 0.0843. The SMILES string of the molecule is CC.Cc1cccc(C(=O)NNC(=O)c2cccc(C)c2O)c1O.Cc1cccc(C(=O)NNC(=O)c2cccc(C)c2O)c1O. The first-order valence-corrected chi connectivity index (χ1v) is 14.2. The van der Waals surface area contributed by atoms with E-state index in [1.165, 1.54) is 24.3 Å². The van der Waals surface area contributed by atoms with Crippen molar-refractivity contribution in [2.24, 2.45) is 0 Å². The van der Waals surface area contributed by atoms with Crippen LogP contribution in [0.25, 0.3) is 0 Å². The van der Waals surface area contributed by atoms with Crippen molar-refractivity contribution in [3.8, 4) is 23.0 Å². The Bertz CT molecular complexity index is 1480. The van der Waals surface area contributed by atoms with E-state index in [0.717, 1.165) is 0 Å². The van der Waals surface area contributed by atoms with E-state index < -0.39 is 23.6 Å². The molecule has 4 aromatic rings. The number of carbonyl (C=O) groups is 4. The maximum atomic E-state index is 12.0. The van der Waals surface area contributed by atoms with Gasteiger partial charge in [0, 0.05) is 0 Å². The first kappa shape index (κ1) is 36.2. The molecule has 0 saturated heterocycles. The fourth-order valence-electron chi connectivity index (χ4n) is 3.87. The lowest BCUT2D eigenvalue weighted by Crippen LogP contribution is -2.41. The molecule has 4 amide bonds. The number of phenolic OH excluding ortho intramolecular Hbond substituents is 4. The summed E-state index contributed by atoms with van der Waals surface area (Å²) in [5, 5.41) is 39.3. The predicted octanol–water partition coefficient (Wildman–Crippen LogP) is 4.61. The number of phenols is 4. The van der Waals surface area contributed by atoms with E-state index in [4.69, 9.17) is 0 Å². The third kappa shape index (κ3) is 8.99. The zero-order valence-electron chi connectivity index (χ0n) is 26.4. The van der Waals surface area contributed by atoms with Crippen molar-refractivity contribution in [2.45, 2.75) is 41.5 Å². The summed E-state index contributed by atoms with van der Waals surface area (Å²) in [5.74, 6) is -3.19. The van der Waals surface area contributed by atoms with Gasteiger partial charge in [0.15, 0.2) is 0 Å². The van der Waals surface area contributed by atoms with E-state index in [0.29, 0.717) is 22.3 Å². The van der Waals surface area contributed by atoms with Gasteiger partial charge in [-0.05, 0) is 74.2 Å². The number of hydrazine groups is 2. The predicted molar refractivity (Wildman–Crippen MR) is 173 cm³/mol. The summed E-state index contributed by atoms with van der Waals surface area (Å²) in [6.45, 7) is 10.6. The van der Waals surface area contributed by atoms with Gasteiger partial charge in [-0.3, -0.25) is 40.9 Å². The van der Waals surface area contributed by atoms with Crippen molar-refractivity contribution in [3.05, 3.63) is 117 Å². The van der Waals surface area contributed by atoms with Crippen LogP contribution >= 0.6 is 0 Å². The quantitative estimate of drug-likeness (QED) is 0.150. The highest BCUT2D eigenvalue weighted by Gasteiger charge is 2.17. The van der Waals surface area contributed by atoms with Crippen LogP contribution in [0.3, 0.4) is 0 Å². The van der Waals surface area contributed by atoms with Gasteiger partial charge in [-0.2, -0.15) is 0 Å². The van der Waals surface area contributed by atoms with Crippen LogP contribution in [0.1, 0.15) is 77.5 Å². The van der Waals surface area contributed by atoms with Crippen molar-refractivity contribution in [1.82, 2.24) is 21.7 Å². The van der Waals surface area contributed by atoms with E-state index in [2.05, 4.69) is 21.7 Å². The van der Waals surface area contributed by atoms with Crippen molar-refractivity contribution in [1.29, 1.82) is 0 Å². The summed E-state index contributed by atoms with van der Waals surface area (Å²) in [6.07, 6.45) is 0. The average Bonchev–Trinajstić information content (AvgIpc) is 3.05. The highest BCUT2D eigenvalue weighted by molar-refractivity contribution is 6.02. The van der Waals surface area contributed by atoms with Gasteiger partial charge in [-0.1, -0.05) is 62.4 Å². The second kappa shape index (κ2) is 16.7. The molecular weight excluding hydrogens is 592 g/mol. The number of rotatable bonds is 4. The van der Waals surface area contributed by atoms with Crippen LogP contribution in [0.2, 0.25) is 0 Å². The van der Waals surface area contributed by atoms with Crippen LogP contribution < -0.4 is 21.7 Å². The Balaban J connectivity index is 0.000000304. The maximum absolute atomic E-state index is 12.0. The number of carbonyl (C=O) groups excluding carboxylic acids is 4. The molecular formula is C34H38N4O8. The Morgan fingerprint density at radius 1 is 0.391 bits per heavy atom. The first-order chi connectivity index (χ1) is 21.8. The molecule has 242 valence electrons. The second-order valence-electron chi connectivity index (χ2n) is 9.70. The molecule has 0 spiro atoms. The number of hydrogen-bond acceptors (Lipinski definition) is 8. The van der Waals surface area contributed by atoms with Crippen LogP contribution in [0.5, 0.6) is 23.0 Å². The van der Waals surface area contributed by atoms with Crippen molar-refractivity contribution in [3.63, 3.8) is 0 Å². The number of benzene rings is 4. The zero-order chi connectivity index (χ0) is 34.6. The molecule has 12 nitrogen and oxygen atoms in total. The molecule has 0 atom stereocenters. The molecule has 4 rings (SSSR count). The fourth-order valence-corrected chi connectivity index (χ4v) is 3.87. The number of amides is 4. The molecule has 0 bridgehead atoms. The summed E-state index contributed by atoms with van der Waals surface area (Å²) in [4.78, 5) is 47.8. The lowest BCUT2D eigenvalue weighted by atomic mass is 10.1. The Morgan fingerprint density at radius 3 is 0.739 bits per heavy atom. The largest absolute Gasteiger partial charge is 0.507 e. The van der Waals surface area contributed by atoms with Crippen LogP contribution in [0, 0.1) is 27.7 Å². The van der Waals surface area contributed by atoms with Gasteiger partial charge < -0.3 is 20.4 Å². The van der Waals surface area contributed by atoms with Crippen molar-refractivity contribution in [2.75, 3.05) is 0 Å². The third-order valence-corrected chi connectivity index (χ3v) is 6.51. The highest BCUT2D eigenvalue weighted by Crippen LogP contribution is 2.24. The van der Waals surface area contributed by atoms with E-state index in [-0.39, 0.29) is 45.3 Å². The van der Waals surface area contributed by atoms with Crippen molar-refractivity contribution < 1.29 is 39.6 Å². The van der Waals surface area contributed by atoms with Gasteiger partial charge >= 0.3 is 0 Å². The second-order valence-corrected chi connectivity index (χ2v) is 9.70. The standard InChI is InChI=1S/2C16H16N2O4.C2H6/c2*1-9-5-3-7-11(13(9)19)15(21)17-18-16(22)12-8-4-6-10(2)14(12)20;1-2/h2*3-8,19-20H,1-2H3,(H,17,21)(H,18,22);1-2H3. The van der Waals surface area contributed by atoms with E-state index in [1.54, 1.807) is 76.2 Å². The zero-order valence-corrected chi connectivity index (χ0v) is 26.4. The average molecular weight is 631 g/mol. The molecule has 8 N–H and O–H groups in total. The number of aryl methyl sites for hydroxylation is 4. The smallest absolute Gasteiger partial charge is 0.273 e. The van der Waals surface area contributed by atoms with Gasteiger partial charge in [-0.25, -0.2) is 0 Å². The Kier molecular flexibility index (Phi) is 13.1. The normalized spacial score (nSPS) is 9.78. The molecule has 0 saturated carbocycles. The molecule has 0 aromatic heterocycles. The van der Waals surface area contributed by atoms with Gasteiger partial charge in [0.1, 0.15) is 23.0 Å². The maximum Gasteiger partial charge on any atom is 0.273 e. The van der Waals surface area contributed by atoms with Crippen LogP contribution in [0.15, 0.2) is 72.8 Å².